The predicted octanol–water partition coefficient (Wildman–Crippen LogP) is 8.46. The van der Waals surface area contributed by atoms with Crippen LogP contribution in [0.4, 0.5) is 11.4 Å². The Balaban J connectivity index is 1.24. The van der Waals surface area contributed by atoms with Crippen molar-refractivity contribution >= 4 is 57.8 Å². The second-order valence-corrected chi connectivity index (χ2v) is 16.5. The number of rotatable bonds is 5. The van der Waals surface area contributed by atoms with Crippen molar-refractivity contribution in [2.45, 2.75) is 86.5 Å². The number of allylic oxidation sites excluding steroid dienone is 2. The number of anilines is 2. The van der Waals surface area contributed by atoms with Crippen molar-refractivity contribution in [2.24, 2.45) is 45.8 Å². The third-order valence-corrected chi connectivity index (χ3v) is 12.8. The van der Waals surface area contributed by atoms with Gasteiger partial charge >= 0.3 is 0 Å². The van der Waals surface area contributed by atoms with Crippen molar-refractivity contribution in [3.63, 3.8) is 0 Å². The van der Waals surface area contributed by atoms with Gasteiger partial charge in [0, 0.05) is 22.7 Å². The molecule has 5 aliphatic carbocycles. The maximum absolute atomic E-state index is 14.2. The van der Waals surface area contributed by atoms with Crippen LogP contribution in [0.1, 0.15) is 83.8 Å². The van der Waals surface area contributed by atoms with E-state index < -0.39 is 5.41 Å². The summed E-state index contributed by atoms with van der Waals surface area (Å²) in [6.45, 7) is 13.2. The van der Waals surface area contributed by atoms with Crippen LogP contribution in [-0.2, 0) is 9.59 Å². The van der Waals surface area contributed by atoms with E-state index in [2.05, 4.69) is 55.0 Å². The lowest BCUT2D eigenvalue weighted by Crippen LogP contribution is -2.65. The first-order valence-electron chi connectivity index (χ1n) is 17.4. The molecule has 0 radical (unpaired) electrons. The molecule has 0 aromatic heterocycles. The van der Waals surface area contributed by atoms with Crippen molar-refractivity contribution in [1.29, 1.82) is 0 Å². The van der Waals surface area contributed by atoms with Gasteiger partial charge in [0.2, 0.25) is 11.8 Å². The van der Waals surface area contributed by atoms with Gasteiger partial charge in [-0.25, -0.2) is 0 Å². The van der Waals surface area contributed by atoms with Crippen molar-refractivity contribution in [1.82, 2.24) is 10.6 Å². The number of hydrogen-bond acceptors (Lipinski definition) is 4. The Morgan fingerprint density at radius 2 is 1.45 bits per heavy atom. The molecule has 7 rings (SSSR count). The normalized spacial score (nSPS) is 32.4. The summed E-state index contributed by atoms with van der Waals surface area (Å²) in [5, 5.41) is 13.3. The minimum Gasteiger partial charge on any atom is -0.332 e. The minimum atomic E-state index is -0.550. The van der Waals surface area contributed by atoms with Crippen molar-refractivity contribution in [2.75, 3.05) is 10.6 Å². The molecule has 0 heterocycles. The number of amides is 2. The Labute approximate surface area is 291 Å². The Hall–Kier alpha value is -3.10. The standard InChI is InChI=1S/C39H50N4O2S2/c1-23(2)29-22-39-17-14-31-37(5,15-9-16-38(31,6)34(45)43-36(47)41-28-13-8-11-25(4)19-28)32(39)21-26(29)20-30(39)33(44)42-35(46)40-27-12-7-10-24(3)18-27/h7-8,10-13,18-19,22-23,26,30-32H,9,14-17,20-21H2,1-6H3,(H2,40,42,44,46)(H2,41,43,45,47)/t26-,30?,31-,32-,37+,38-,39+/m1/s1. The molecule has 1 unspecified atom stereocenters. The second-order valence-electron chi connectivity index (χ2n) is 15.6. The van der Waals surface area contributed by atoms with Gasteiger partial charge in [-0.05, 0) is 141 Å². The molecular weight excluding hydrogens is 621 g/mol. The first kappa shape index (κ1) is 33.8. The Kier molecular flexibility index (Phi) is 9.16. The smallest absolute Gasteiger partial charge is 0.232 e. The molecule has 1 spiro atoms. The van der Waals surface area contributed by atoms with Gasteiger partial charge in [-0.1, -0.05) is 70.0 Å². The first-order chi connectivity index (χ1) is 22.2. The van der Waals surface area contributed by atoms with E-state index in [-0.39, 0.29) is 34.5 Å². The molecule has 250 valence electrons. The molecular formula is C39H50N4O2S2. The first-order valence-corrected chi connectivity index (χ1v) is 18.2. The summed E-state index contributed by atoms with van der Waals surface area (Å²) in [4.78, 5) is 28.4. The molecule has 0 aliphatic heterocycles. The van der Waals surface area contributed by atoms with Gasteiger partial charge in [0.05, 0.1) is 5.41 Å². The van der Waals surface area contributed by atoms with Crippen LogP contribution in [0.3, 0.4) is 0 Å². The Bertz CT molecular complexity index is 1640. The van der Waals surface area contributed by atoms with Crippen LogP contribution in [0, 0.1) is 59.7 Å². The molecule has 3 saturated carbocycles. The summed E-state index contributed by atoms with van der Waals surface area (Å²) < 4.78 is 0. The number of benzene rings is 2. The van der Waals surface area contributed by atoms with Gasteiger partial charge in [-0.2, -0.15) is 0 Å². The number of nitrogens with one attached hydrogen (secondary N) is 4. The van der Waals surface area contributed by atoms with Gasteiger partial charge in [0.15, 0.2) is 10.2 Å². The summed E-state index contributed by atoms with van der Waals surface area (Å²) in [5.74, 6) is 1.20. The van der Waals surface area contributed by atoms with Crippen LogP contribution >= 0.6 is 24.4 Å². The topological polar surface area (TPSA) is 82.3 Å². The van der Waals surface area contributed by atoms with Crippen LogP contribution in [-0.4, -0.2) is 22.0 Å². The maximum atomic E-state index is 14.2. The summed E-state index contributed by atoms with van der Waals surface area (Å²) in [6, 6.07) is 16.0. The van der Waals surface area contributed by atoms with Crippen LogP contribution in [0.15, 0.2) is 60.2 Å². The van der Waals surface area contributed by atoms with E-state index in [4.69, 9.17) is 24.4 Å². The van der Waals surface area contributed by atoms with Gasteiger partial charge in [-0.3, -0.25) is 9.59 Å². The van der Waals surface area contributed by atoms with Gasteiger partial charge in [-0.15, -0.1) is 0 Å². The highest BCUT2D eigenvalue weighted by Crippen LogP contribution is 2.72. The number of carbonyl (C=O) groups excluding carboxylic acids is 2. The number of hydrogen-bond donors (Lipinski definition) is 4. The largest absolute Gasteiger partial charge is 0.332 e. The molecule has 2 amide bonds. The molecule has 6 nitrogen and oxygen atoms in total. The van der Waals surface area contributed by atoms with Gasteiger partial charge in [0.1, 0.15) is 0 Å². The molecule has 3 fully saturated rings. The SMILES string of the molecule is Cc1cccc(NC(=S)NC(=O)C2C[C@@H]3C[C@@H]4[C@@]5(C)CCC[C@@](C)(C(=O)NC(=S)Nc6cccc(C)c6)[C@@H]5CC[C@]24C=C3C(C)C)c1. The highest BCUT2D eigenvalue weighted by atomic mass is 32.1. The quantitative estimate of drug-likeness (QED) is 0.189. The molecule has 2 bridgehead atoms. The molecule has 7 atom stereocenters. The van der Waals surface area contributed by atoms with E-state index >= 15 is 0 Å². The summed E-state index contributed by atoms with van der Waals surface area (Å²) in [5.41, 5.74) is 4.64. The zero-order valence-corrected chi connectivity index (χ0v) is 30.3. The molecule has 2 aromatic rings. The highest BCUT2D eigenvalue weighted by molar-refractivity contribution is 7.80. The number of thiocarbonyl (C=S) groups is 2. The van der Waals surface area contributed by atoms with E-state index in [1.54, 1.807) is 0 Å². The number of fused-ring (bicyclic) bond motifs is 2. The lowest BCUT2D eigenvalue weighted by atomic mass is 9.35. The van der Waals surface area contributed by atoms with Crippen LogP contribution in [0.5, 0.6) is 0 Å². The zero-order chi connectivity index (χ0) is 33.7. The third kappa shape index (κ3) is 6.16. The molecule has 8 heteroatoms. The molecule has 47 heavy (non-hydrogen) atoms. The highest BCUT2D eigenvalue weighted by Gasteiger charge is 2.67. The number of carbonyl (C=O) groups is 2. The predicted molar refractivity (Wildman–Crippen MR) is 199 cm³/mol. The van der Waals surface area contributed by atoms with Crippen molar-refractivity contribution in [3.05, 3.63) is 71.3 Å². The van der Waals surface area contributed by atoms with Crippen molar-refractivity contribution < 1.29 is 9.59 Å². The maximum Gasteiger partial charge on any atom is 0.232 e. The van der Waals surface area contributed by atoms with Crippen LogP contribution in [0.25, 0.3) is 0 Å². The monoisotopic (exact) mass is 670 g/mol. The molecule has 5 aliphatic rings. The fourth-order valence-corrected chi connectivity index (χ4v) is 10.8. The minimum absolute atomic E-state index is 0.00998. The Morgan fingerprint density at radius 1 is 0.830 bits per heavy atom. The van der Waals surface area contributed by atoms with Crippen LogP contribution < -0.4 is 21.3 Å². The van der Waals surface area contributed by atoms with Gasteiger partial charge < -0.3 is 21.3 Å². The molecule has 4 N–H and O–H groups in total. The lowest BCUT2D eigenvalue weighted by molar-refractivity contribution is -0.181. The van der Waals surface area contributed by atoms with E-state index in [1.165, 1.54) is 5.57 Å². The average molecular weight is 671 g/mol. The van der Waals surface area contributed by atoms with E-state index in [0.29, 0.717) is 28.0 Å². The Morgan fingerprint density at radius 3 is 2.04 bits per heavy atom. The second kappa shape index (κ2) is 12.7. The molecule has 0 saturated heterocycles. The lowest BCUT2D eigenvalue weighted by Gasteiger charge is -2.68. The fraction of sp³-hybridized carbons (Fsp3) is 0.538. The van der Waals surface area contributed by atoms with Crippen molar-refractivity contribution in [3.8, 4) is 0 Å². The third-order valence-electron chi connectivity index (χ3n) is 12.4. The van der Waals surface area contributed by atoms with E-state index in [0.717, 1.165) is 67.4 Å². The van der Waals surface area contributed by atoms with Gasteiger partial charge in [0.25, 0.3) is 0 Å². The van der Waals surface area contributed by atoms with Crippen LogP contribution in [0.2, 0.25) is 0 Å². The average Bonchev–Trinajstić information content (AvgIpc) is 3.00. The fourth-order valence-electron chi connectivity index (χ4n) is 10.4. The molecule has 2 aromatic carbocycles. The summed E-state index contributed by atoms with van der Waals surface area (Å²) in [7, 11) is 0. The number of aryl methyl sites for hydroxylation is 2. The summed E-state index contributed by atoms with van der Waals surface area (Å²) >= 11 is 11.3. The zero-order valence-electron chi connectivity index (χ0n) is 28.7. The summed E-state index contributed by atoms with van der Waals surface area (Å²) in [6.07, 6.45) is 9.16. The van der Waals surface area contributed by atoms with E-state index in [1.807, 2.05) is 62.4 Å². The van der Waals surface area contributed by atoms with E-state index in [9.17, 15) is 9.59 Å².